The number of hydrogen-bond acceptors (Lipinski definition) is 3. The van der Waals surface area contributed by atoms with Crippen LogP contribution in [0.15, 0.2) is 134 Å². The Morgan fingerprint density at radius 3 is 2.06 bits per heavy atom. The van der Waals surface area contributed by atoms with Gasteiger partial charge >= 0.3 is 0 Å². The molecule has 8 aromatic rings. The van der Waals surface area contributed by atoms with Crippen LogP contribution >= 0.6 is 0 Å². The third-order valence-corrected chi connectivity index (χ3v) is 9.57. The van der Waals surface area contributed by atoms with Crippen LogP contribution in [-0.4, -0.2) is 19.3 Å². The maximum Gasteiger partial charge on any atom is 0.137 e. The van der Waals surface area contributed by atoms with Gasteiger partial charge in [0, 0.05) is 40.4 Å². The molecule has 0 aliphatic heterocycles. The van der Waals surface area contributed by atoms with Crippen molar-refractivity contribution in [1.29, 1.82) is 0 Å². The monoisotopic (exact) mass is 652 g/mol. The van der Waals surface area contributed by atoms with Crippen LogP contribution in [0.2, 0.25) is 0 Å². The van der Waals surface area contributed by atoms with Crippen molar-refractivity contribution < 1.29 is 4.74 Å². The number of hydrogen-bond donors (Lipinski definition) is 0. The first-order chi connectivity index (χ1) is 24.1. The molecule has 0 unspecified atom stereocenters. The van der Waals surface area contributed by atoms with Gasteiger partial charge < -0.3 is 4.74 Å². The first kappa shape index (κ1) is 31.3. The zero-order valence-electron chi connectivity index (χ0n) is 29.4. The summed E-state index contributed by atoms with van der Waals surface area (Å²) in [5.41, 5.74) is 12.1. The van der Waals surface area contributed by atoms with E-state index in [1.807, 2.05) is 18.3 Å². The van der Waals surface area contributed by atoms with E-state index < -0.39 is 0 Å². The van der Waals surface area contributed by atoms with Crippen molar-refractivity contribution in [2.45, 2.75) is 47.0 Å². The minimum absolute atomic E-state index is 0.101. The smallest absolute Gasteiger partial charge is 0.137 e. The van der Waals surface area contributed by atoms with Gasteiger partial charge in [-0.05, 0) is 103 Å². The zero-order valence-corrected chi connectivity index (χ0v) is 29.4. The molecule has 3 aromatic heterocycles. The third kappa shape index (κ3) is 5.65. The second kappa shape index (κ2) is 12.2. The summed E-state index contributed by atoms with van der Waals surface area (Å²) < 4.78 is 11.1. The summed E-state index contributed by atoms with van der Waals surface area (Å²) in [6.45, 7) is 13.0. The van der Waals surface area contributed by atoms with Gasteiger partial charge in [-0.25, -0.2) is 9.67 Å². The summed E-state index contributed by atoms with van der Waals surface area (Å²) in [6, 6.07) is 44.7. The number of fused-ring (bicyclic) bond motifs is 3. The maximum atomic E-state index is 6.77. The van der Waals surface area contributed by atoms with E-state index in [-0.39, 0.29) is 5.41 Å². The summed E-state index contributed by atoms with van der Waals surface area (Å²) in [7, 11) is 0. The van der Waals surface area contributed by atoms with Crippen molar-refractivity contribution in [3.05, 3.63) is 156 Å². The van der Waals surface area contributed by atoms with Crippen molar-refractivity contribution in [2.24, 2.45) is 0 Å². The molecule has 8 rings (SSSR count). The molecule has 0 radical (unpaired) electrons. The van der Waals surface area contributed by atoms with Gasteiger partial charge in [0.15, 0.2) is 0 Å². The van der Waals surface area contributed by atoms with E-state index >= 15 is 0 Å². The molecule has 0 spiro atoms. The van der Waals surface area contributed by atoms with Crippen LogP contribution in [-0.2, 0) is 5.41 Å². The van der Waals surface area contributed by atoms with Gasteiger partial charge in [-0.1, -0.05) is 87.5 Å². The van der Waals surface area contributed by atoms with Gasteiger partial charge in [0.25, 0.3) is 0 Å². The predicted molar refractivity (Wildman–Crippen MR) is 206 cm³/mol. The predicted octanol–water partition coefficient (Wildman–Crippen LogP) is 11.7. The van der Waals surface area contributed by atoms with Gasteiger partial charge in [0.05, 0.1) is 22.4 Å². The number of benzene rings is 5. The lowest BCUT2D eigenvalue weighted by Crippen LogP contribution is -2.12. The lowest BCUT2D eigenvalue weighted by atomic mass is 9.86. The lowest BCUT2D eigenvalue weighted by Gasteiger charge is -2.22. The van der Waals surface area contributed by atoms with E-state index in [1.54, 1.807) is 0 Å². The Balaban J connectivity index is 1.26. The third-order valence-electron chi connectivity index (χ3n) is 9.57. The number of aromatic nitrogens is 4. The molecule has 3 heterocycles. The van der Waals surface area contributed by atoms with Gasteiger partial charge in [0.1, 0.15) is 17.3 Å². The second-order valence-corrected chi connectivity index (χ2v) is 14.2. The number of rotatable bonds is 6. The average Bonchev–Trinajstić information content (AvgIpc) is 3.60. The Labute approximate surface area is 293 Å². The molecule has 50 heavy (non-hydrogen) atoms. The van der Waals surface area contributed by atoms with Crippen molar-refractivity contribution in [3.8, 4) is 45.3 Å². The summed E-state index contributed by atoms with van der Waals surface area (Å²) >= 11 is 0. The molecule has 0 saturated heterocycles. The Morgan fingerprint density at radius 1 is 0.600 bits per heavy atom. The molecule has 0 N–H and O–H groups in total. The highest BCUT2D eigenvalue weighted by atomic mass is 16.5. The van der Waals surface area contributed by atoms with E-state index in [4.69, 9.17) is 14.8 Å². The first-order valence-electron chi connectivity index (χ1n) is 17.2. The van der Waals surface area contributed by atoms with Crippen LogP contribution in [0.1, 0.15) is 43.3 Å². The van der Waals surface area contributed by atoms with E-state index in [9.17, 15) is 0 Å². The quantitative estimate of drug-likeness (QED) is 0.180. The number of ether oxygens (including phenoxy) is 1. The van der Waals surface area contributed by atoms with E-state index in [0.29, 0.717) is 0 Å². The Kier molecular flexibility index (Phi) is 7.64. The van der Waals surface area contributed by atoms with Crippen LogP contribution < -0.4 is 4.74 Å². The second-order valence-electron chi connectivity index (χ2n) is 14.2. The van der Waals surface area contributed by atoms with Crippen LogP contribution in [0, 0.1) is 20.8 Å². The average molecular weight is 653 g/mol. The van der Waals surface area contributed by atoms with Crippen LogP contribution in [0.25, 0.3) is 55.6 Å². The highest BCUT2D eigenvalue weighted by Crippen LogP contribution is 2.39. The van der Waals surface area contributed by atoms with Crippen molar-refractivity contribution in [2.75, 3.05) is 0 Å². The van der Waals surface area contributed by atoms with E-state index in [1.165, 1.54) is 27.6 Å². The fraction of sp³-hybridized carbons (Fsp3) is 0.156. The molecule has 0 aliphatic carbocycles. The molecule has 0 fully saturated rings. The molecule has 0 atom stereocenters. The number of pyridine rings is 1. The molecule has 0 aliphatic rings. The summed E-state index contributed by atoms with van der Waals surface area (Å²) in [4.78, 5) is 4.81. The standard InChI is InChI=1S/C45H40N4O/c1-29-21-22-46-43(23-29)48-41-20-17-34(32-13-9-7-10-14-32)24-40(41)39-19-18-37(28-42(39)48)50-38-26-35(45(4,5)6)25-36(27-38)49-31(3)44(30(2)47-49)33-15-11-8-12-16-33/h7-28H,1-6H3. The minimum Gasteiger partial charge on any atom is -0.457 e. The fourth-order valence-corrected chi connectivity index (χ4v) is 7.01. The number of nitrogens with zero attached hydrogens (tertiary/aromatic N) is 4. The molecule has 0 amide bonds. The van der Waals surface area contributed by atoms with E-state index in [2.05, 4.69) is 166 Å². The van der Waals surface area contributed by atoms with Crippen molar-refractivity contribution >= 4 is 21.8 Å². The normalized spacial score (nSPS) is 11.8. The van der Waals surface area contributed by atoms with Crippen molar-refractivity contribution in [3.63, 3.8) is 0 Å². The van der Waals surface area contributed by atoms with Gasteiger partial charge in [0.2, 0.25) is 0 Å². The Morgan fingerprint density at radius 2 is 1.34 bits per heavy atom. The van der Waals surface area contributed by atoms with Crippen LogP contribution in [0.4, 0.5) is 0 Å². The highest BCUT2D eigenvalue weighted by Gasteiger charge is 2.21. The van der Waals surface area contributed by atoms with Crippen LogP contribution in [0.3, 0.4) is 0 Å². The van der Waals surface area contributed by atoms with Crippen molar-refractivity contribution in [1.82, 2.24) is 19.3 Å². The minimum atomic E-state index is -0.101. The molecule has 5 nitrogen and oxygen atoms in total. The molecule has 5 heteroatoms. The van der Waals surface area contributed by atoms with Gasteiger partial charge in [-0.15, -0.1) is 0 Å². The summed E-state index contributed by atoms with van der Waals surface area (Å²) in [6.07, 6.45) is 1.88. The molecule has 246 valence electrons. The van der Waals surface area contributed by atoms with Gasteiger partial charge in [-0.2, -0.15) is 5.10 Å². The summed E-state index contributed by atoms with van der Waals surface area (Å²) in [5, 5.41) is 7.35. The molecular formula is C45H40N4O. The fourth-order valence-electron chi connectivity index (χ4n) is 7.01. The van der Waals surface area contributed by atoms with Gasteiger partial charge in [-0.3, -0.25) is 4.57 Å². The molecule has 0 saturated carbocycles. The zero-order chi connectivity index (χ0) is 34.6. The Hall–Kier alpha value is -5.94. The Bertz CT molecular complexity index is 2520. The van der Waals surface area contributed by atoms with Crippen LogP contribution in [0.5, 0.6) is 11.5 Å². The SMILES string of the molecule is Cc1ccnc(-n2c3ccc(-c4ccccc4)cc3c3ccc(Oc4cc(-n5nc(C)c(-c6ccccc6)c5C)cc(C(C)(C)C)c4)cc32)c1. The molecular weight excluding hydrogens is 613 g/mol. The first-order valence-corrected chi connectivity index (χ1v) is 17.2. The maximum absolute atomic E-state index is 6.77. The highest BCUT2D eigenvalue weighted by molar-refractivity contribution is 6.10. The number of aryl methyl sites for hydroxylation is 2. The molecule has 0 bridgehead atoms. The largest absolute Gasteiger partial charge is 0.457 e. The topological polar surface area (TPSA) is 44.9 Å². The lowest BCUT2D eigenvalue weighted by molar-refractivity contribution is 0.478. The molecule has 5 aromatic carbocycles. The summed E-state index contributed by atoms with van der Waals surface area (Å²) in [5.74, 6) is 2.40. The van der Waals surface area contributed by atoms with E-state index in [0.717, 1.165) is 61.9 Å².